The summed E-state index contributed by atoms with van der Waals surface area (Å²) in [6, 6.07) is 0. The molecule has 0 rings (SSSR count). The number of esters is 4. The molecule has 0 amide bonds. The van der Waals surface area contributed by atoms with Crippen molar-refractivity contribution in [2.75, 3.05) is 39.6 Å². The van der Waals surface area contributed by atoms with E-state index in [2.05, 4.69) is 34.6 Å². The molecule has 5 atom stereocenters. The van der Waals surface area contributed by atoms with Crippen molar-refractivity contribution in [1.82, 2.24) is 0 Å². The Morgan fingerprint density at radius 1 is 0.248 bits per heavy atom. The van der Waals surface area contributed by atoms with E-state index < -0.39 is 97.5 Å². The molecule has 17 nitrogen and oxygen atoms in total. The van der Waals surface area contributed by atoms with Crippen molar-refractivity contribution in [2.24, 2.45) is 5.92 Å². The Bertz CT molecular complexity index is 2070. The first-order valence-corrected chi connectivity index (χ1v) is 49.6. The summed E-state index contributed by atoms with van der Waals surface area (Å²) in [5.74, 6) is -1.33. The Kier molecular flexibility index (Phi) is 81.1. The van der Waals surface area contributed by atoms with Crippen LogP contribution in [0.4, 0.5) is 0 Å². The van der Waals surface area contributed by atoms with E-state index in [1.165, 1.54) is 315 Å². The molecule has 0 aromatic carbocycles. The minimum atomic E-state index is -4.97. The van der Waals surface area contributed by atoms with Crippen LogP contribution in [0.15, 0.2) is 0 Å². The van der Waals surface area contributed by atoms with Gasteiger partial charge in [-0.1, -0.05) is 439 Å². The van der Waals surface area contributed by atoms with Crippen LogP contribution in [0, 0.1) is 5.92 Å². The van der Waals surface area contributed by atoms with E-state index in [0.29, 0.717) is 25.7 Å². The highest BCUT2D eigenvalue weighted by Gasteiger charge is 2.31. The number of hydrogen-bond acceptors (Lipinski definition) is 15. The quantitative estimate of drug-likeness (QED) is 0.0222. The van der Waals surface area contributed by atoms with Gasteiger partial charge in [0.15, 0.2) is 12.2 Å². The van der Waals surface area contributed by atoms with E-state index in [9.17, 15) is 43.2 Å². The molecule has 0 aromatic heterocycles. The molecule has 19 heteroatoms. The van der Waals surface area contributed by atoms with Crippen molar-refractivity contribution in [3.05, 3.63) is 0 Å². The van der Waals surface area contributed by atoms with Crippen molar-refractivity contribution in [1.29, 1.82) is 0 Å². The maximum absolute atomic E-state index is 13.2. The van der Waals surface area contributed by atoms with Crippen LogP contribution in [0.1, 0.15) is 490 Å². The molecule has 0 aliphatic rings. The summed E-state index contributed by atoms with van der Waals surface area (Å²) in [6.07, 6.45) is 78.0. The van der Waals surface area contributed by atoms with Gasteiger partial charge in [-0.15, -0.1) is 0 Å². The molecule has 0 aromatic rings. The number of ether oxygens (including phenoxy) is 4. The topological polar surface area (TPSA) is 237 Å². The van der Waals surface area contributed by atoms with Crippen LogP contribution in [0.5, 0.6) is 0 Å². The molecule has 0 aliphatic carbocycles. The third-order valence-electron chi connectivity index (χ3n) is 21.3. The number of aliphatic hydroxyl groups is 1. The Morgan fingerprint density at radius 2 is 0.422 bits per heavy atom. The second-order valence-electron chi connectivity index (χ2n) is 32.8. The average molecular weight is 1590 g/mol. The van der Waals surface area contributed by atoms with Gasteiger partial charge < -0.3 is 33.8 Å². The highest BCUT2D eigenvalue weighted by molar-refractivity contribution is 7.47. The van der Waals surface area contributed by atoms with Crippen molar-refractivity contribution in [2.45, 2.75) is 509 Å². The summed E-state index contributed by atoms with van der Waals surface area (Å²) >= 11 is 0. The Hall–Kier alpha value is -1.94. The molecule has 0 spiro atoms. The second-order valence-corrected chi connectivity index (χ2v) is 35.7. The molecule has 0 aliphatic heterocycles. The number of carbonyl (C=O) groups is 4. The zero-order valence-electron chi connectivity index (χ0n) is 71.7. The van der Waals surface area contributed by atoms with E-state index >= 15 is 0 Å². The molecule has 0 radical (unpaired) electrons. The Labute approximate surface area is 670 Å². The van der Waals surface area contributed by atoms with Gasteiger partial charge in [-0.05, 0) is 31.6 Å². The molecular formula is C90H176O17P2. The predicted octanol–water partition coefficient (Wildman–Crippen LogP) is 27.9. The van der Waals surface area contributed by atoms with E-state index in [-0.39, 0.29) is 25.7 Å². The summed E-state index contributed by atoms with van der Waals surface area (Å²) < 4.78 is 69.0. The number of rotatable bonds is 90. The normalized spacial score (nSPS) is 13.7. The van der Waals surface area contributed by atoms with Crippen LogP contribution >= 0.6 is 15.6 Å². The van der Waals surface area contributed by atoms with Crippen molar-refractivity contribution < 1.29 is 80.2 Å². The summed E-state index contributed by atoms with van der Waals surface area (Å²) in [5.41, 5.74) is 0. The van der Waals surface area contributed by atoms with Crippen LogP contribution in [0.25, 0.3) is 0 Å². The number of aliphatic hydroxyl groups excluding tert-OH is 1. The molecule has 0 saturated heterocycles. The molecule has 109 heavy (non-hydrogen) atoms. The van der Waals surface area contributed by atoms with Crippen LogP contribution in [-0.2, 0) is 65.4 Å². The monoisotopic (exact) mass is 1590 g/mol. The maximum atomic E-state index is 13.2. The SMILES string of the molecule is CCCCCCCCCCCCCCCCCCCCCCCCC(=O)OC[C@H](COP(=O)(O)OC[C@@H](O)COP(=O)(O)OC[C@@H](COC(=O)CCCCCCCCCCCCC)OC(=O)CCCCCCCCCCCCCC(C)C)OC(=O)CCCCCCCCCCCCCCCCCCCCCCCC. The molecule has 0 saturated carbocycles. The van der Waals surface area contributed by atoms with Gasteiger partial charge in [0.05, 0.1) is 26.4 Å². The van der Waals surface area contributed by atoms with Crippen LogP contribution < -0.4 is 0 Å². The first-order chi connectivity index (χ1) is 53.0. The zero-order valence-corrected chi connectivity index (χ0v) is 73.5. The third kappa shape index (κ3) is 83.8. The number of phosphoric acid groups is 2. The van der Waals surface area contributed by atoms with E-state index in [0.717, 1.165) is 95.8 Å². The lowest BCUT2D eigenvalue weighted by Gasteiger charge is -2.21. The Morgan fingerprint density at radius 3 is 0.624 bits per heavy atom. The molecular weight excluding hydrogens is 1410 g/mol. The smallest absolute Gasteiger partial charge is 0.462 e. The van der Waals surface area contributed by atoms with Crippen LogP contribution in [0.3, 0.4) is 0 Å². The van der Waals surface area contributed by atoms with Gasteiger partial charge in [0.2, 0.25) is 0 Å². The fraction of sp³-hybridized carbons (Fsp3) is 0.956. The second kappa shape index (κ2) is 82.6. The fourth-order valence-corrected chi connectivity index (χ4v) is 15.8. The predicted molar refractivity (Wildman–Crippen MR) is 451 cm³/mol. The molecule has 0 fully saturated rings. The number of carbonyl (C=O) groups excluding carboxylic acids is 4. The van der Waals surface area contributed by atoms with Gasteiger partial charge in [-0.3, -0.25) is 37.3 Å². The molecule has 3 N–H and O–H groups in total. The Balaban J connectivity index is 5.21. The fourth-order valence-electron chi connectivity index (χ4n) is 14.2. The summed E-state index contributed by atoms with van der Waals surface area (Å²) in [5, 5.41) is 10.7. The van der Waals surface area contributed by atoms with Gasteiger partial charge in [-0.2, -0.15) is 0 Å². The van der Waals surface area contributed by atoms with Gasteiger partial charge in [-0.25, -0.2) is 9.13 Å². The highest BCUT2D eigenvalue weighted by Crippen LogP contribution is 2.45. The third-order valence-corrected chi connectivity index (χ3v) is 23.2. The standard InChI is InChI=1S/C90H176O17P2/c1-6-9-12-15-18-21-24-26-28-30-32-34-36-38-40-42-44-49-54-59-64-69-74-88(93)101-80-86(106-89(94)75-70-65-60-55-50-45-43-41-39-37-35-33-31-29-27-25-22-19-16-13-10-7-2)82-105-109(98,99)103-78-84(91)77-102-108(96,97)104-81-85(79-100-87(92)73-68-63-58-53-47-23-20-17-14-11-8-3)107-90(95)76-71-66-61-56-51-46-48-52-57-62-67-72-83(4)5/h83-86,91H,6-82H2,1-5H3,(H,96,97)(H,98,99)/t84-,85+,86+/m0/s1. The number of unbranched alkanes of at least 4 members (excludes halogenated alkanes) is 62. The van der Waals surface area contributed by atoms with Gasteiger partial charge in [0, 0.05) is 25.7 Å². The van der Waals surface area contributed by atoms with Gasteiger partial charge >= 0.3 is 39.5 Å². The average Bonchev–Trinajstić information content (AvgIpc) is 0.899. The van der Waals surface area contributed by atoms with Crippen molar-refractivity contribution >= 4 is 39.5 Å². The van der Waals surface area contributed by atoms with Gasteiger partial charge in [0.25, 0.3) is 0 Å². The molecule has 0 heterocycles. The van der Waals surface area contributed by atoms with E-state index in [1.54, 1.807) is 0 Å². The summed E-state index contributed by atoms with van der Waals surface area (Å²) in [7, 11) is -9.93. The minimum Gasteiger partial charge on any atom is -0.462 e. The number of phosphoric ester groups is 2. The minimum absolute atomic E-state index is 0.107. The first kappa shape index (κ1) is 107. The zero-order chi connectivity index (χ0) is 79.7. The van der Waals surface area contributed by atoms with Crippen molar-refractivity contribution in [3.8, 4) is 0 Å². The van der Waals surface area contributed by atoms with Crippen LogP contribution in [-0.4, -0.2) is 96.7 Å². The molecule has 2 unspecified atom stereocenters. The largest absolute Gasteiger partial charge is 0.472 e. The highest BCUT2D eigenvalue weighted by atomic mass is 31.2. The lowest BCUT2D eigenvalue weighted by molar-refractivity contribution is -0.161. The summed E-state index contributed by atoms with van der Waals surface area (Å²) in [6.45, 7) is 7.37. The van der Waals surface area contributed by atoms with E-state index in [4.69, 9.17) is 37.0 Å². The first-order valence-electron chi connectivity index (χ1n) is 46.6. The van der Waals surface area contributed by atoms with Crippen molar-refractivity contribution in [3.63, 3.8) is 0 Å². The van der Waals surface area contributed by atoms with Crippen LogP contribution in [0.2, 0.25) is 0 Å². The lowest BCUT2D eigenvalue weighted by Crippen LogP contribution is -2.30. The number of hydrogen-bond donors (Lipinski definition) is 3. The van der Waals surface area contributed by atoms with Gasteiger partial charge in [0.1, 0.15) is 19.3 Å². The molecule has 0 bridgehead atoms. The summed E-state index contributed by atoms with van der Waals surface area (Å²) in [4.78, 5) is 73.3. The lowest BCUT2D eigenvalue weighted by atomic mass is 10.0. The van der Waals surface area contributed by atoms with E-state index in [1.807, 2.05) is 0 Å². The molecule has 648 valence electrons. The maximum Gasteiger partial charge on any atom is 0.472 e.